The van der Waals surface area contributed by atoms with E-state index in [0.29, 0.717) is 29.9 Å². The highest BCUT2D eigenvalue weighted by molar-refractivity contribution is 5.80. The van der Waals surface area contributed by atoms with Crippen molar-refractivity contribution in [3.05, 3.63) is 45.0 Å². The molecular weight excluding hydrogens is 334 g/mol. The molecule has 2 aliphatic heterocycles. The number of hydrogen-bond donors (Lipinski definition) is 2. The summed E-state index contributed by atoms with van der Waals surface area (Å²) in [7, 11) is 0. The molecule has 26 heavy (non-hydrogen) atoms. The summed E-state index contributed by atoms with van der Waals surface area (Å²) in [5, 5.41) is 7.11. The maximum absolute atomic E-state index is 12.5. The first kappa shape index (κ1) is 17.5. The summed E-state index contributed by atoms with van der Waals surface area (Å²) < 4.78 is 12.9. The summed E-state index contributed by atoms with van der Waals surface area (Å²) in [5.41, 5.74) is -0.440. The summed E-state index contributed by atoms with van der Waals surface area (Å²) in [6, 6.07) is 7.28. The van der Waals surface area contributed by atoms with E-state index in [1.54, 1.807) is 24.3 Å². The fraction of sp³-hybridized carbons (Fsp3) is 0.579. The highest BCUT2D eigenvalue weighted by Gasteiger charge is 2.38. The summed E-state index contributed by atoms with van der Waals surface area (Å²) in [6.45, 7) is 3.35. The summed E-state index contributed by atoms with van der Waals surface area (Å²) in [6.07, 6.45) is 3.83. The topological polar surface area (TPSA) is 85.3 Å². The van der Waals surface area contributed by atoms with Crippen molar-refractivity contribution in [3.63, 3.8) is 0 Å². The molecule has 140 valence electrons. The van der Waals surface area contributed by atoms with E-state index in [2.05, 4.69) is 10.4 Å². The lowest BCUT2D eigenvalue weighted by Gasteiger charge is -2.43. The van der Waals surface area contributed by atoms with Gasteiger partial charge in [0, 0.05) is 32.4 Å². The Morgan fingerprint density at radius 1 is 1.15 bits per heavy atom. The van der Waals surface area contributed by atoms with Crippen molar-refractivity contribution in [1.82, 2.24) is 15.1 Å². The Morgan fingerprint density at radius 2 is 1.92 bits per heavy atom. The van der Waals surface area contributed by atoms with Gasteiger partial charge in [0.2, 0.25) is 0 Å². The molecule has 1 spiro atoms. The lowest BCUT2D eigenvalue weighted by molar-refractivity contribution is -0.140. The molecule has 3 heterocycles. The first-order valence-electron chi connectivity index (χ1n) is 9.34. The van der Waals surface area contributed by atoms with E-state index < -0.39 is 0 Å². The number of aromatic amines is 1. The van der Waals surface area contributed by atoms with Crippen LogP contribution in [0.15, 0.2) is 33.9 Å². The van der Waals surface area contributed by atoms with Crippen LogP contribution in [0.5, 0.6) is 0 Å². The third-order valence-corrected chi connectivity index (χ3v) is 5.55. The first-order chi connectivity index (χ1) is 12.7. The SMILES string of the molecule is O=c1[nH]n(CCNC2CCOC3(CCOCC3)C2)c(=O)c2ccccc12. The van der Waals surface area contributed by atoms with E-state index in [0.717, 1.165) is 45.5 Å². The lowest BCUT2D eigenvalue weighted by Crippen LogP contribution is -2.50. The van der Waals surface area contributed by atoms with Crippen molar-refractivity contribution in [1.29, 1.82) is 0 Å². The molecule has 0 bridgehead atoms. The van der Waals surface area contributed by atoms with Crippen molar-refractivity contribution in [3.8, 4) is 0 Å². The van der Waals surface area contributed by atoms with Gasteiger partial charge in [-0.05, 0) is 37.8 Å². The zero-order valence-corrected chi connectivity index (χ0v) is 14.8. The number of H-pyrrole nitrogens is 1. The highest BCUT2D eigenvalue weighted by Crippen LogP contribution is 2.34. The van der Waals surface area contributed by atoms with Crippen LogP contribution in [-0.4, -0.2) is 47.8 Å². The number of nitrogens with zero attached hydrogens (tertiary/aromatic N) is 1. The van der Waals surface area contributed by atoms with Gasteiger partial charge in [0.1, 0.15) is 0 Å². The minimum atomic E-state index is -0.229. The molecule has 1 aromatic carbocycles. The molecular formula is C19H25N3O4. The van der Waals surface area contributed by atoms with Gasteiger partial charge in [-0.2, -0.15) is 0 Å². The largest absolute Gasteiger partial charge is 0.381 e. The van der Waals surface area contributed by atoms with Crippen molar-refractivity contribution < 1.29 is 9.47 Å². The van der Waals surface area contributed by atoms with E-state index >= 15 is 0 Å². The first-order valence-corrected chi connectivity index (χ1v) is 9.34. The molecule has 0 amide bonds. The maximum Gasteiger partial charge on any atom is 0.273 e. The average molecular weight is 359 g/mol. The number of rotatable bonds is 4. The predicted octanol–water partition coefficient (Wildman–Crippen LogP) is 1.01. The molecule has 2 N–H and O–H groups in total. The van der Waals surface area contributed by atoms with Gasteiger partial charge in [-0.1, -0.05) is 12.1 Å². The molecule has 1 atom stereocenters. The van der Waals surface area contributed by atoms with Crippen LogP contribution in [-0.2, 0) is 16.0 Å². The Hall–Kier alpha value is -1.96. The summed E-state index contributed by atoms with van der Waals surface area (Å²) in [4.78, 5) is 24.7. The van der Waals surface area contributed by atoms with E-state index in [4.69, 9.17) is 9.47 Å². The maximum atomic E-state index is 12.5. The monoisotopic (exact) mass is 359 g/mol. The molecule has 4 rings (SSSR count). The van der Waals surface area contributed by atoms with Gasteiger partial charge in [0.15, 0.2) is 0 Å². The number of fused-ring (bicyclic) bond motifs is 1. The van der Waals surface area contributed by atoms with Gasteiger partial charge in [-0.15, -0.1) is 0 Å². The smallest absolute Gasteiger partial charge is 0.273 e. The normalized spacial score (nSPS) is 22.7. The minimum absolute atomic E-state index is 0.0533. The number of ether oxygens (including phenoxy) is 2. The standard InChI is InChI=1S/C19H25N3O4/c23-17-15-3-1-2-4-16(15)18(24)22(21-17)9-8-20-14-5-10-26-19(13-14)6-11-25-12-7-19/h1-4,14,20H,5-13H2,(H,21,23). The fourth-order valence-electron chi connectivity index (χ4n) is 4.08. The lowest BCUT2D eigenvalue weighted by atomic mass is 9.84. The molecule has 1 unspecified atom stereocenters. The van der Waals surface area contributed by atoms with Crippen LogP contribution in [0.25, 0.3) is 10.8 Å². The van der Waals surface area contributed by atoms with Crippen molar-refractivity contribution in [2.24, 2.45) is 0 Å². The van der Waals surface area contributed by atoms with Crippen molar-refractivity contribution in [2.45, 2.75) is 43.9 Å². The molecule has 0 saturated carbocycles. The van der Waals surface area contributed by atoms with Gasteiger partial charge >= 0.3 is 0 Å². The van der Waals surface area contributed by atoms with Crippen molar-refractivity contribution >= 4 is 10.8 Å². The fourth-order valence-corrected chi connectivity index (χ4v) is 4.08. The zero-order chi connectivity index (χ0) is 18.0. The summed E-state index contributed by atoms with van der Waals surface area (Å²) >= 11 is 0. The van der Waals surface area contributed by atoms with Gasteiger partial charge < -0.3 is 14.8 Å². The van der Waals surface area contributed by atoms with Crippen LogP contribution >= 0.6 is 0 Å². The van der Waals surface area contributed by atoms with E-state index in [9.17, 15) is 9.59 Å². The molecule has 1 aromatic heterocycles. The van der Waals surface area contributed by atoms with E-state index in [1.807, 2.05) is 0 Å². The van der Waals surface area contributed by atoms with E-state index in [1.165, 1.54) is 4.68 Å². The highest BCUT2D eigenvalue weighted by atomic mass is 16.5. The number of benzene rings is 1. The van der Waals surface area contributed by atoms with Crippen LogP contribution in [0.1, 0.15) is 25.7 Å². The predicted molar refractivity (Wildman–Crippen MR) is 98.6 cm³/mol. The Labute approximate surface area is 151 Å². The van der Waals surface area contributed by atoms with E-state index in [-0.39, 0.29) is 16.7 Å². The number of nitrogens with one attached hydrogen (secondary N) is 2. The molecule has 0 aliphatic carbocycles. The van der Waals surface area contributed by atoms with Crippen LogP contribution in [0, 0.1) is 0 Å². The van der Waals surface area contributed by atoms with Gasteiger partial charge in [0.25, 0.3) is 11.1 Å². The molecule has 2 saturated heterocycles. The van der Waals surface area contributed by atoms with Gasteiger partial charge in [-0.3, -0.25) is 14.7 Å². The van der Waals surface area contributed by atoms with Crippen LogP contribution in [0.2, 0.25) is 0 Å². The average Bonchev–Trinajstić information content (AvgIpc) is 2.66. The molecule has 2 fully saturated rings. The van der Waals surface area contributed by atoms with Crippen LogP contribution in [0.4, 0.5) is 0 Å². The Balaban J connectivity index is 1.40. The van der Waals surface area contributed by atoms with Crippen LogP contribution in [0.3, 0.4) is 0 Å². The number of aromatic nitrogens is 2. The van der Waals surface area contributed by atoms with Gasteiger partial charge in [-0.25, -0.2) is 4.68 Å². The molecule has 0 radical (unpaired) electrons. The number of hydrogen-bond acceptors (Lipinski definition) is 5. The Morgan fingerprint density at radius 3 is 2.73 bits per heavy atom. The molecule has 2 aliphatic rings. The third-order valence-electron chi connectivity index (χ3n) is 5.55. The molecule has 7 nitrogen and oxygen atoms in total. The van der Waals surface area contributed by atoms with Crippen molar-refractivity contribution in [2.75, 3.05) is 26.4 Å². The second-order valence-corrected chi connectivity index (χ2v) is 7.23. The quantitative estimate of drug-likeness (QED) is 0.851. The minimum Gasteiger partial charge on any atom is -0.381 e. The molecule has 2 aromatic rings. The van der Waals surface area contributed by atoms with Gasteiger partial charge in [0.05, 0.1) is 22.9 Å². The second kappa shape index (κ2) is 7.34. The third kappa shape index (κ3) is 3.47. The Kier molecular flexibility index (Phi) is 4.93. The van der Waals surface area contributed by atoms with Crippen LogP contribution < -0.4 is 16.4 Å². The molecule has 7 heteroatoms. The summed E-state index contributed by atoms with van der Waals surface area (Å²) in [5.74, 6) is 0. The second-order valence-electron chi connectivity index (χ2n) is 7.23. The zero-order valence-electron chi connectivity index (χ0n) is 14.8. The Bertz CT molecular complexity index is 877.